The minimum Gasteiger partial charge on any atom is -0.331 e. The van der Waals surface area contributed by atoms with Gasteiger partial charge in [0.25, 0.3) is 0 Å². The van der Waals surface area contributed by atoms with Crippen LogP contribution in [0.3, 0.4) is 0 Å². The topological polar surface area (TPSA) is 39.7 Å². The van der Waals surface area contributed by atoms with Crippen LogP contribution in [0, 0.1) is 0 Å². The fraction of sp³-hybridized carbons (Fsp3) is 0.600. The van der Waals surface area contributed by atoms with E-state index in [0.717, 1.165) is 32.5 Å². The van der Waals surface area contributed by atoms with Crippen molar-refractivity contribution in [1.82, 2.24) is 19.7 Å². The number of carbonyl (C=O) groups excluding carboxylic acids is 1. The molecular formula is C15H24N4O. The number of urea groups is 1. The molecule has 1 aromatic rings. The van der Waals surface area contributed by atoms with E-state index in [1.54, 1.807) is 25.2 Å². The third-order valence-electron chi connectivity index (χ3n) is 3.84. The zero-order valence-electron chi connectivity index (χ0n) is 12.6. The van der Waals surface area contributed by atoms with Gasteiger partial charge in [-0.3, -0.25) is 9.88 Å². The third kappa shape index (κ3) is 3.70. The molecule has 0 aromatic carbocycles. The first-order valence-electron chi connectivity index (χ1n) is 7.13. The van der Waals surface area contributed by atoms with Gasteiger partial charge in [-0.2, -0.15) is 0 Å². The van der Waals surface area contributed by atoms with E-state index in [9.17, 15) is 4.79 Å². The van der Waals surface area contributed by atoms with Crippen molar-refractivity contribution in [2.75, 3.05) is 34.2 Å². The number of pyridine rings is 1. The molecule has 1 saturated heterocycles. The SMILES string of the molecule is CN(C)C(=O)N(C)C1CCCN(Cc2cccnc2)C1. The van der Waals surface area contributed by atoms with Gasteiger partial charge in [0.2, 0.25) is 0 Å². The number of likely N-dealkylation sites (N-methyl/N-ethyl adjacent to an activating group) is 1. The van der Waals surface area contributed by atoms with Crippen LogP contribution >= 0.6 is 0 Å². The Balaban J connectivity index is 1.93. The molecule has 110 valence electrons. The molecule has 0 radical (unpaired) electrons. The average Bonchev–Trinajstić information content (AvgIpc) is 2.47. The van der Waals surface area contributed by atoms with Crippen molar-refractivity contribution < 1.29 is 4.79 Å². The number of hydrogen-bond donors (Lipinski definition) is 0. The minimum atomic E-state index is 0.0817. The molecule has 1 atom stereocenters. The molecule has 2 rings (SSSR count). The van der Waals surface area contributed by atoms with E-state index in [4.69, 9.17) is 0 Å². The van der Waals surface area contributed by atoms with Crippen molar-refractivity contribution in [3.05, 3.63) is 30.1 Å². The molecule has 5 nitrogen and oxygen atoms in total. The van der Waals surface area contributed by atoms with E-state index in [2.05, 4.69) is 16.0 Å². The number of likely N-dealkylation sites (tertiary alicyclic amines) is 1. The number of nitrogens with zero attached hydrogens (tertiary/aromatic N) is 4. The molecule has 2 amide bonds. The van der Waals surface area contributed by atoms with Crippen molar-refractivity contribution in [3.63, 3.8) is 0 Å². The van der Waals surface area contributed by atoms with Crippen LogP contribution in [0.5, 0.6) is 0 Å². The highest BCUT2D eigenvalue weighted by atomic mass is 16.2. The van der Waals surface area contributed by atoms with E-state index >= 15 is 0 Å². The van der Waals surface area contributed by atoms with Gasteiger partial charge in [0.05, 0.1) is 0 Å². The maximum Gasteiger partial charge on any atom is 0.319 e. The van der Waals surface area contributed by atoms with Crippen molar-refractivity contribution >= 4 is 6.03 Å². The van der Waals surface area contributed by atoms with E-state index in [0.29, 0.717) is 6.04 Å². The summed E-state index contributed by atoms with van der Waals surface area (Å²) in [6.45, 7) is 2.94. The predicted molar refractivity (Wildman–Crippen MR) is 79.4 cm³/mol. The van der Waals surface area contributed by atoms with E-state index in [1.807, 2.05) is 24.2 Å². The van der Waals surface area contributed by atoms with Crippen LogP contribution in [-0.2, 0) is 6.54 Å². The second-order valence-corrected chi connectivity index (χ2v) is 5.68. The van der Waals surface area contributed by atoms with Crippen LogP contribution in [0.25, 0.3) is 0 Å². The number of amides is 2. The fourth-order valence-electron chi connectivity index (χ4n) is 2.71. The van der Waals surface area contributed by atoms with Gasteiger partial charge in [-0.15, -0.1) is 0 Å². The van der Waals surface area contributed by atoms with Gasteiger partial charge in [-0.05, 0) is 31.0 Å². The second-order valence-electron chi connectivity index (χ2n) is 5.68. The van der Waals surface area contributed by atoms with Crippen molar-refractivity contribution in [3.8, 4) is 0 Å². The summed E-state index contributed by atoms with van der Waals surface area (Å²) in [6, 6.07) is 4.46. The van der Waals surface area contributed by atoms with Crippen LogP contribution < -0.4 is 0 Å². The zero-order valence-corrected chi connectivity index (χ0v) is 12.6. The maximum absolute atomic E-state index is 12.0. The highest BCUT2D eigenvalue weighted by Crippen LogP contribution is 2.17. The Bertz CT molecular complexity index is 435. The molecule has 0 spiro atoms. The lowest BCUT2D eigenvalue weighted by atomic mass is 10.0. The summed E-state index contributed by atoms with van der Waals surface area (Å²) in [5.41, 5.74) is 1.23. The van der Waals surface area contributed by atoms with Crippen molar-refractivity contribution in [1.29, 1.82) is 0 Å². The summed E-state index contributed by atoms with van der Waals surface area (Å²) in [5, 5.41) is 0. The average molecular weight is 276 g/mol. The number of hydrogen-bond acceptors (Lipinski definition) is 3. The highest BCUT2D eigenvalue weighted by molar-refractivity contribution is 5.73. The van der Waals surface area contributed by atoms with E-state index in [-0.39, 0.29) is 6.03 Å². The first-order valence-corrected chi connectivity index (χ1v) is 7.13. The zero-order chi connectivity index (χ0) is 14.5. The Labute approximate surface area is 121 Å². The lowest BCUT2D eigenvalue weighted by Gasteiger charge is -2.38. The van der Waals surface area contributed by atoms with Gasteiger partial charge in [0, 0.05) is 52.7 Å². The van der Waals surface area contributed by atoms with Gasteiger partial charge >= 0.3 is 6.03 Å². The number of carbonyl (C=O) groups is 1. The summed E-state index contributed by atoms with van der Waals surface area (Å²) in [4.78, 5) is 22.1. The molecule has 1 aromatic heterocycles. The van der Waals surface area contributed by atoms with Gasteiger partial charge < -0.3 is 9.80 Å². The standard InChI is InChI=1S/C15H24N4O/c1-17(2)15(20)18(3)14-7-5-9-19(12-14)11-13-6-4-8-16-10-13/h4,6,8,10,14H,5,7,9,11-12H2,1-3H3. The van der Waals surface area contributed by atoms with Crippen LogP contribution in [0.15, 0.2) is 24.5 Å². The Morgan fingerprint density at radius 2 is 2.25 bits per heavy atom. The van der Waals surface area contributed by atoms with Crippen LogP contribution in [-0.4, -0.2) is 66.0 Å². The highest BCUT2D eigenvalue weighted by Gasteiger charge is 2.26. The predicted octanol–water partition coefficient (Wildman–Crippen LogP) is 1.66. The lowest BCUT2D eigenvalue weighted by Crippen LogP contribution is -2.50. The molecule has 0 bridgehead atoms. The molecule has 1 unspecified atom stereocenters. The van der Waals surface area contributed by atoms with Crippen LogP contribution in [0.2, 0.25) is 0 Å². The molecule has 0 saturated carbocycles. The molecule has 1 fully saturated rings. The van der Waals surface area contributed by atoms with Gasteiger partial charge in [0.1, 0.15) is 0 Å². The molecule has 1 aliphatic rings. The van der Waals surface area contributed by atoms with Gasteiger partial charge in [0.15, 0.2) is 0 Å². The van der Waals surface area contributed by atoms with Crippen molar-refractivity contribution in [2.24, 2.45) is 0 Å². The van der Waals surface area contributed by atoms with Gasteiger partial charge in [-0.1, -0.05) is 6.07 Å². The molecular weight excluding hydrogens is 252 g/mol. The molecule has 2 heterocycles. The van der Waals surface area contributed by atoms with E-state index < -0.39 is 0 Å². The summed E-state index contributed by atoms with van der Waals surface area (Å²) < 4.78 is 0. The van der Waals surface area contributed by atoms with Crippen LogP contribution in [0.4, 0.5) is 4.79 Å². The Morgan fingerprint density at radius 3 is 2.90 bits per heavy atom. The maximum atomic E-state index is 12.0. The molecule has 0 N–H and O–H groups in total. The number of aromatic nitrogens is 1. The number of piperidine rings is 1. The monoisotopic (exact) mass is 276 g/mol. The number of rotatable bonds is 3. The molecule has 0 aliphatic carbocycles. The van der Waals surface area contributed by atoms with Crippen molar-refractivity contribution in [2.45, 2.75) is 25.4 Å². The molecule has 20 heavy (non-hydrogen) atoms. The smallest absolute Gasteiger partial charge is 0.319 e. The first-order chi connectivity index (χ1) is 9.58. The van der Waals surface area contributed by atoms with E-state index in [1.165, 1.54) is 5.56 Å². The second kappa shape index (κ2) is 6.70. The first kappa shape index (κ1) is 14.8. The summed E-state index contributed by atoms with van der Waals surface area (Å²) >= 11 is 0. The lowest BCUT2D eigenvalue weighted by molar-refractivity contribution is 0.109. The summed E-state index contributed by atoms with van der Waals surface area (Å²) in [6.07, 6.45) is 5.93. The molecule has 5 heteroatoms. The third-order valence-corrected chi connectivity index (χ3v) is 3.84. The fourth-order valence-corrected chi connectivity index (χ4v) is 2.71. The summed E-state index contributed by atoms with van der Waals surface area (Å²) in [7, 11) is 5.50. The molecule has 1 aliphatic heterocycles. The van der Waals surface area contributed by atoms with Gasteiger partial charge in [-0.25, -0.2) is 4.79 Å². The minimum absolute atomic E-state index is 0.0817. The quantitative estimate of drug-likeness (QED) is 0.843. The normalized spacial score (nSPS) is 19.6. The van der Waals surface area contributed by atoms with Crippen LogP contribution in [0.1, 0.15) is 18.4 Å². The largest absolute Gasteiger partial charge is 0.331 e. The summed E-state index contributed by atoms with van der Waals surface area (Å²) in [5.74, 6) is 0. The Morgan fingerprint density at radius 1 is 1.45 bits per heavy atom. The Kier molecular flexibility index (Phi) is 4.95. The Hall–Kier alpha value is -1.62.